The van der Waals surface area contributed by atoms with Crippen LogP contribution in [0.2, 0.25) is 0 Å². The summed E-state index contributed by atoms with van der Waals surface area (Å²) in [6.45, 7) is 1.89. The number of aliphatic hydroxyl groups is 1. The summed E-state index contributed by atoms with van der Waals surface area (Å²) < 4.78 is 10.4. The molecule has 8 nitrogen and oxygen atoms in total. The summed E-state index contributed by atoms with van der Waals surface area (Å²) in [6, 6.07) is 11.3. The average Bonchev–Trinajstić information content (AvgIpc) is 3.20. The molecule has 0 radical (unpaired) electrons. The fourth-order valence-electron chi connectivity index (χ4n) is 2.49. The summed E-state index contributed by atoms with van der Waals surface area (Å²) in [4.78, 5) is 18.4. The molecule has 0 aliphatic rings. The summed E-state index contributed by atoms with van der Waals surface area (Å²) in [6.07, 6.45) is 5.63. The molecular formula is C20H18N6O2S2. The molecule has 0 aromatic carbocycles. The standard InChI is InChI=1S/C20H18N6O2S2/c1-13-15(5-4-9-21-13)28-16-11-14(29-18-6-2-3-8-22-18)12-23-19(16)25-20-24-17(7-10-27)26-30-20/h2-6,8-9,11-12,27H,7,10H2,1H3,(H,23,24,25,26). The lowest BCUT2D eigenvalue weighted by Gasteiger charge is -2.13. The predicted molar refractivity (Wildman–Crippen MR) is 116 cm³/mol. The third-order valence-corrected chi connectivity index (χ3v) is 5.47. The highest BCUT2D eigenvalue weighted by Crippen LogP contribution is 2.36. The molecule has 0 aliphatic carbocycles. The molecule has 0 spiro atoms. The normalized spacial score (nSPS) is 10.7. The molecule has 4 heterocycles. The van der Waals surface area contributed by atoms with E-state index in [4.69, 9.17) is 9.84 Å². The van der Waals surface area contributed by atoms with Gasteiger partial charge in [0.15, 0.2) is 11.6 Å². The molecule has 2 N–H and O–H groups in total. The van der Waals surface area contributed by atoms with E-state index >= 15 is 0 Å². The number of anilines is 2. The molecule has 0 atom stereocenters. The van der Waals surface area contributed by atoms with Crippen molar-refractivity contribution in [3.8, 4) is 11.5 Å². The van der Waals surface area contributed by atoms with Gasteiger partial charge in [-0.2, -0.15) is 4.37 Å². The van der Waals surface area contributed by atoms with Gasteiger partial charge in [-0.15, -0.1) is 0 Å². The van der Waals surface area contributed by atoms with Gasteiger partial charge in [-0.3, -0.25) is 4.98 Å². The Hall–Kier alpha value is -3.08. The lowest BCUT2D eigenvalue weighted by Crippen LogP contribution is -1.99. The molecule has 4 aromatic heterocycles. The van der Waals surface area contributed by atoms with Gasteiger partial charge in [0.05, 0.1) is 12.3 Å². The Morgan fingerprint density at radius 3 is 2.80 bits per heavy atom. The van der Waals surface area contributed by atoms with Gasteiger partial charge in [0, 0.05) is 47.5 Å². The minimum Gasteiger partial charge on any atom is -0.452 e. The van der Waals surface area contributed by atoms with Crippen LogP contribution in [0.5, 0.6) is 11.5 Å². The van der Waals surface area contributed by atoms with E-state index in [-0.39, 0.29) is 6.61 Å². The quantitative estimate of drug-likeness (QED) is 0.417. The number of nitrogens with one attached hydrogen (secondary N) is 1. The fourth-order valence-corrected chi connectivity index (χ4v) is 3.87. The number of ether oxygens (including phenoxy) is 1. The van der Waals surface area contributed by atoms with E-state index in [9.17, 15) is 0 Å². The first kappa shape index (κ1) is 20.2. The van der Waals surface area contributed by atoms with E-state index < -0.39 is 0 Å². The molecule has 30 heavy (non-hydrogen) atoms. The monoisotopic (exact) mass is 438 g/mol. The molecule has 0 saturated heterocycles. The Balaban J connectivity index is 1.64. The van der Waals surface area contributed by atoms with Crippen LogP contribution in [0, 0.1) is 6.92 Å². The minimum atomic E-state index is 0.00249. The van der Waals surface area contributed by atoms with E-state index in [0.717, 1.165) is 15.6 Å². The fraction of sp³-hybridized carbons (Fsp3) is 0.150. The maximum Gasteiger partial charge on any atom is 0.208 e. The van der Waals surface area contributed by atoms with Crippen LogP contribution in [-0.4, -0.2) is 36.0 Å². The second kappa shape index (κ2) is 9.61. The molecule has 4 rings (SSSR count). The van der Waals surface area contributed by atoms with Crippen molar-refractivity contribution in [1.82, 2.24) is 24.3 Å². The van der Waals surface area contributed by atoms with Gasteiger partial charge in [0.25, 0.3) is 0 Å². The van der Waals surface area contributed by atoms with Crippen molar-refractivity contribution in [2.45, 2.75) is 23.3 Å². The molecule has 4 aromatic rings. The third kappa shape index (κ3) is 5.09. The number of pyridine rings is 3. The number of aromatic nitrogens is 5. The van der Waals surface area contributed by atoms with Crippen molar-refractivity contribution in [3.63, 3.8) is 0 Å². The molecule has 0 bridgehead atoms. The van der Waals surface area contributed by atoms with Crippen LogP contribution in [0.4, 0.5) is 10.9 Å². The summed E-state index contributed by atoms with van der Waals surface area (Å²) >= 11 is 2.69. The summed E-state index contributed by atoms with van der Waals surface area (Å²) in [5.41, 5.74) is 0.771. The van der Waals surface area contributed by atoms with Gasteiger partial charge < -0.3 is 15.2 Å². The third-order valence-electron chi connectivity index (χ3n) is 3.90. The summed E-state index contributed by atoms with van der Waals surface area (Å²) in [7, 11) is 0. The number of nitrogens with zero attached hydrogens (tertiary/aromatic N) is 5. The first-order chi connectivity index (χ1) is 14.7. The van der Waals surface area contributed by atoms with Gasteiger partial charge in [0.2, 0.25) is 5.13 Å². The lowest BCUT2D eigenvalue weighted by molar-refractivity contribution is 0.297. The van der Waals surface area contributed by atoms with Crippen LogP contribution < -0.4 is 10.1 Å². The highest BCUT2D eigenvalue weighted by Gasteiger charge is 2.14. The number of rotatable bonds is 8. The van der Waals surface area contributed by atoms with Crippen molar-refractivity contribution >= 4 is 34.2 Å². The number of aliphatic hydroxyl groups excluding tert-OH is 1. The zero-order valence-corrected chi connectivity index (χ0v) is 17.7. The Kier molecular flexibility index (Phi) is 6.47. The Labute approximate surface area is 181 Å². The topological polar surface area (TPSA) is 106 Å². The largest absolute Gasteiger partial charge is 0.452 e. The summed E-state index contributed by atoms with van der Waals surface area (Å²) in [5, 5.41) is 13.7. The highest BCUT2D eigenvalue weighted by molar-refractivity contribution is 7.99. The zero-order chi connectivity index (χ0) is 20.8. The number of hydrogen-bond donors (Lipinski definition) is 2. The van der Waals surface area contributed by atoms with Gasteiger partial charge >= 0.3 is 0 Å². The van der Waals surface area contributed by atoms with Crippen molar-refractivity contribution in [2.75, 3.05) is 11.9 Å². The van der Waals surface area contributed by atoms with Crippen LogP contribution in [-0.2, 0) is 6.42 Å². The predicted octanol–water partition coefficient (Wildman–Crippen LogP) is 4.25. The smallest absolute Gasteiger partial charge is 0.208 e. The Morgan fingerprint density at radius 2 is 2.00 bits per heavy atom. The minimum absolute atomic E-state index is 0.00249. The molecule has 10 heteroatoms. The van der Waals surface area contributed by atoms with Gasteiger partial charge in [-0.25, -0.2) is 15.0 Å². The number of hydrogen-bond acceptors (Lipinski definition) is 10. The van der Waals surface area contributed by atoms with Crippen LogP contribution in [0.15, 0.2) is 64.9 Å². The number of aryl methyl sites for hydroxylation is 1. The Bertz CT molecular complexity index is 1120. The molecule has 152 valence electrons. The zero-order valence-electron chi connectivity index (χ0n) is 16.0. The maximum absolute atomic E-state index is 9.06. The van der Waals surface area contributed by atoms with Crippen LogP contribution in [0.25, 0.3) is 0 Å². The van der Waals surface area contributed by atoms with E-state index in [1.807, 2.05) is 43.3 Å². The summed E-state index contributed by atoms with van der Waals surface area (Å²) in [5.74, 6) is 2.26. The van der Waals surface area contributed by atoms with Crippen LogP contribution in [0.1, 0.15) is 11.5 Å². The second-order valence-electron chi connectivity index (χ2n) is 6.09. The highest BCUT2D eigenvalue weighted by atomic mass is 32.2. The van der Waals surface area contributed by atoms with Crippen molar-refractivity contribution in [2.24, 2.45) is 0 Å². The van der Waals surface area contributed by atoms with E-state index in [0.29, 0.717) is 34.7 Å². The van der Waals surface area contributed by atoms with Crippen molar-refractivity contribution < 1.29 is 9.84 Å². The van der Waals surface area contributed by atoms with E-state index in [1.54, 1.807) is 18.6 Å². The second-order valence-corrected chi connectivity index (χ2v) is 7.94. The SMILES string of the molecule is Cc1ncccc1Oc1cc(Sc2ccccn2)cnc1Nc1nc(CCO)ns1. The molecular weight excluding hydrogens is 420 g/mol. The van der Waals surface area contributed by atoms with Gasteiger partial charge in [0.1, 0.15) is 16.6 Å². The van der Waals surface area contributed by atoms with Gasteiger partial charge in [-0.05, 0) is 31.2 Å². The molecule has 0 amide bonds. The molecule has 0 unspecified atom stereocenters. The lowest BCUT2D eigenvalue weighted by atomic mass is 10.3. The van der Waals surface area contributed by atoms with Gasteiger partial charge in [-0.1, -0.05) is 17.8 Å². The van der Waals surface area contributed by atoms with E-state index in [1.165, 1.54) is 23.3 Å². The molecule has 0 aliphatic heterocycles. The Morgan fingerprint density at radius 1 is 1.10 bits per heavy atom. The maximum atomic E-state index is 9.06. The molecule has 0 fully saturated rings. The van der Waals surface area contributed by atoms with Crippen LogP contribution >= 0.6 is 23.3 Å². The molecule has 0 saturated carbocycles. The van der Waals surface area contributed by atoms with E-state index in [2.05, 4.69) is 29.6 Å². The first-order valence-corrected chi connectivity index (χ1v) is 10.7. The first-order valence-electron chi connectivity index (χ1n) is 9.10. The average molecular weight is 439 g/mol. The van der Waals surface area contributed by atoms with Crippen LogP contribution in [0.3, 0.4) is 0 Å². The van der Waals surface area contributed by atoms with Crippen molar-refractivity contribution in [3.05, 3.63) is 66.5 Å². The van der Waals surface area contributed by atoms with Crippen molar-refractivity contribution in [1.29, 1.82) is 0 Å².